The predicted octanol–water partition coefficient (Wildman–Crippen LogP) is 3.85. The van der Waals surface area contributed by atoms with Crippen molar-refractivity contribution in [1.29, 1.82) is 0 Å². The molecule has 0 atom stereocenters. The molecule has 0 fully saturated rings. The molecule has 3 aromatic rings. The first kappa shape index (κ1) is 21.3. The van der Waals surface area contributed by atoms with Crippen molar-refractivity contribution >= 4 is 27.1 Å². The number of amides is 1. The molecule has 0 spiro atoms. The molecule has 2 heterocycles. The average Bonchev–Trinajstić information content (AvgIpc) is 3.29. The van der Waals surface area contributed by atoms with Crippen molar-refractivity contribution in [1.82, 2.24) is 10.5 Å². The van der Waals surface area contributed by atoms with E-state index in [4.69, 9.17) is 4.52 Å². The minimum Gasteiger partial charge on any atom is -0.356 e. The molecular weight excluding hydrogens is 408 g/mol. The van der Waals surface area contributed by atoms with Gasteiger partial charge in [-0.2, -0.15) is 0 Å². The van der Waals surface area contributed by atoms with Crippen LogP contribution in [0, 0.1) is 20.8 Å². The maximum absolute atomic E-state index is 12.8. The SMILES string of the molecule is Cc1cc(-c2ccc(C)c(S(=O)(=O)CCC(=O)NCCc3sccc3C)c2)on1. The lowest BCUT2D eigenvalue weighted by Gasteiger charge is -2.10. The van der Waals surface area contributed by atoms with Gasteiger partial charge < -0.3 is 9.84 Å². The molecule has 0 saturated carbocycles. The zero-order valence-corrected chi connectivity index (χ0v) is 18.3. The maximum atomic E-state index is 12.8. The van der Waals surface area contributed by atoms with Crippen LogP contribution in [0.15, 0.2) is 45.1 Å². The molecule has 3 rings (SSSR count). The summed E-state index contributed by atoms with van der Waals surface area (Å²) in [7, 11) is -3.61. The van der Waals surface area contributed by atoms with Crippen molar-refractivity contribution in [3.05, 3.63) is 57.4 Å². The normalized spacial score (nSPS) is 11.6. The zero-order valence-electron chi connectivity index (χ0n) is 16.7. The van der Waals surface area contributed by atoms with Crippen molar-refractivity contribution in [2.24, 2.45) is 0 Å². The van der Waals surface area contributed by atoms with E-state index in [1.54, 1.807) is 49.4 Å². The molecule has 1 N–H and O–H groups in total. The van der Waals surface area contributed by atoms with Gasteiger partial charge in [0.15, 0.2) is 15.6 Å². The van der Waals surface area contributed by atoms with Gasteiger partial charge in [-0.1, -0.05) is 17.3 Å². The Kier molecular flexibility index (Phi) is 6.54. The standard InChI is InChI=1S/C21H24N2O4S2/c1-14-7-10-28-19(14)6-9-22-21(24)8-11-29(25,26)20-13-17(5-4-15(20)2)18-12-16(3)23-27-18/h4-5,7,10,12-13H,6,8-9,11H2,1-3H3,(H,22,24). The summed E-state index contributed by atoms with van der Waals surface area (Å²) in [4.78, 5) is 13.6. The first-order valence-electron chi connectivity index (χ1n) is 9.33. The number of hydrogen-bond donors (Lipinski definition) is 1. The molecule has 0 radical (unpaired) electrons. The number of carbonyl (C=O) groups excluding carboxylic acids is 1. The first-order valence-corrected chi connectivity index (χ1v) is 11.9. The predicted molar refractivity (Wildman–Crippen MR) is 114 cm³/mol. The Hall–Kier alpha value is -2.45. The van der Waals surface area contributed by atoms with Crippen molar-refractivity contribution in [3.8, 4) is 11.3 Å². The molecule has 0 aliphatic carbocycles. The monoisotopic (exact) mass is 432 g/mol. The van der Waals surface area contributed by atoms with Crippen LogP contribution in [0.5, 0.6) is 0 Å². The van der Waals surface area contributed by atoms with E-state index in [-0.39, 0.29) is 23.0 Å². The highest BCUT2D eigenvalue weighted by Crippen LogP contribution is 2.26. The number of hydrogen-bond acceptors (Lipinski definition) is 6. The number of rotatable bonds is 8. The van der Waals surface area contributed by atoms with E-state index in [0.717, 1.165) is 12.1 Å². The van der Waals surface area contributed by atoms with Crippen LogP contribution in [0.2, 0.25) is 0 Å². The smallest absolute Gasteiger partial charge is 0.221 e. The molecule has 0 saturated heterocycles. The Balaban J connectivity index is 1.61. The van der Waals surface area contributed by atoms with Crippen molar-refractivity contribution < 1.29 is 17.7 Å². The number of thiophene rings is 1. The maximum Gasteiger partial charge on any atom is 0.221 e. The largest absolute Gasteiger partial charge is 0.356 e. The van der Waals surface area contributed by atoms with Crippen LogP contribution in [0.3, 0.4) is 0 Å². The van der Waals surface area contributed by atoms with E-state index in [1.165, 1.54) is 10.4 Å². The first-order chi connectivity index (χ1) is 13.8. The van der Waals surface area contributed by atoms with Gasteiger partial charge >= 0.3 is 0 Å². The van der Waals surface area contributed by atoms with E-state index >= 15 is 0 Å². The summed E-state index contributed by atoms with van der Waals surface area (Å²) < 4.78 is 30.9. The van der Waals surface area contributed by atoms with Crippen LogP contribution in [-0.2, 0) is 21.1 Å². The lowest BCUT2D eigenvalue weighted by atomic mass is 10.1. The second-order valence-electron chi connectivity index (χ2n) is 7.01. The van der Waals surface area contributed by atoms with E-state index in [1.807, 2.05) is 18.4 Å². The summed E-state index contributed by atoms with van der Waals surface area (Å²) in [5.74, 6) is 0.0133. The van der Waals surface area contributed by atoms with E-state index < -0.39 is 9.84 Å². The lowest BCUT2D eigenvalue weighted by molar-refractivity contribution is -0.120. The van der Waals surface area contributed by atoms with Crippen LogP contribution in [-0.4, -0.2) is 31.8 Å². The van der Waals surface area contributed by atoms with Gasteiger partial charge in [-0.3, -0.25) is 4.79 Å². The molecule has 154 valence electrons. The summed E-state index contributed by atoms with van der Waals surface area (Å²) in [5, 5.41) is 8.67. The fourth-order valence-electron chi connectivity index (χ4n) is 2.99. The van der Waals surface area contributed by atoms with Gasteiger partial charge in [0.1, 0.15) is 0 Å². The van der Waals surface area contributed by atoms with Gasteiger partial charge in [0.05, 0.1) is 16.3 Å². The highest BCUT2D eigenvalue weighted by molar-refractivity contribution is 7.91. The van der Waals surface area contributed by atoms with Crippen LogP contribution in [0.4, 0.5) is 0 Å². The zero-order chi connectivity index (χ0) is 21.0. The van der Waals surface area contributed by atoms with Gasteiger partial charge in [-0.15, -0.1) is 11.3 Å². The Bertz CT molecular complexity index is 1110. The summed E-state index contributed by atoms with van der Waals surface area (Å²) in [6, 6.07) is 8.92. The Morgan fingerprint density at radius 3 is 2.59 bits per heavy atom. The Morgan fingerprint density at radius 2 is 1.93 bits per heavy atom. The fourth-order valence-corrected chi connectivity index (χ4v) is 5.44. The molecular formula is C21H24N2O4S2. The second-order valence-corrected chi connectivity index (χ2v) is 10.1. The van der Waals surface area contributed by atoms with E-state index in [2.05, 4.69) is 10.5 Å². The molecule has 8 heteroatoms. The number of aryl methyl sites for hydroxylation is 3. The summed E-state index contributed by atoms with van der Waals surface area (Å²) in [6.45, 7) is 6.08. The third kappa shape index (κ3) is 5.33. The van der Waals surface area contributed by atoms with E-state index in [9.17, 15) is 13.2 Å². The fraction of sp³-hybridized carbons (Fsp3) is 0.333. The number of sulfone groups is 1. The third-order valence-electron chi connectivity index (χ3n) is 4.68. The molecule has 0 aliphatic rings. The molecule has 2 aromatic heterocycles. The average molecular weight is 433 g/mol. The highest BCUT2D eigenvalue weighted by atomic mass is 32.2. The molecule has 0 aliphatic heterocycles. The number of benzene rings is 1. The van der Waals surface area contributed by atoms with Gasteiger partial charge in [0.25, 0.3) is 0 Å². The second kappa shape index (κ2) is 8.92. The molecule has 0 bridgehead atoms. The Morgan fingerprint density at radius 1 is 1.14 bits per heavy atom. The summed E-state index contributed by atoms with van der Waals surface area (Å²) in [5.41, 5.74) is 3.22. The minimum absolute atomic E-state index is 0.0726. The van der Waals surface area contributed by atoms with Gasteiger partial charge in [-0.25, -0.2) is 8.42 Å². The molecule has 1 aromatic carbocycles. The number of nitrogens with zero attached hydrogens (tertiary/aromatic N) is 1. The summed E-state index contributed by atoms with van der Waals surface area (Å²) >= 11 is 1.66. The van der Waals surface area contributed by atoms with Gasteiger partial charge in [0, 0.05) is 29.5 Å². The van der Waals surface area contributed by atoms with Gasteiger partial charge in [0.2, 0.25) is 5.91 Å². The van der Waals surface area contributed by atoms with Crippen LogP contribution < -0.4 is 5.32 Å². The Labute approximate surface area is 174 Å². The topological polar surface area (TPSA) is 89.3 Å². The number of aromatic nitrogens is 1. The van der Waals surface area contributed by atoms with Crippen molar-refractivity contribution in [2.45, 2.75) is 38.5 Å². The highest BCUT2D eigenvalue weighted by Gasteiger charge is 2.20. The van der Waals surface area contributed by atoms with Crippen molar-refractivity contribution in [2.75, 3.05) is 12.3 Å². The molecule has 1 amide bonds. The van der Waals surface area contributed by atoms with Crippen LogP contribution >= 0.6 is 11.3 Å². The molecule has 29 heavy (non-hydrogen) atoms. The third-order valence-corrected chi connectivity index (χ3v) is 7.61. The van der Waals surface area contributed by atoms with Gasteiger partial charge in [-0.05, 0) is 55.8 Å². The molecule has 6 nitrogen and oxygen atoms in total. The van der Waals surface area contributed by atoms with Crippen LogP contribution in [0.1, 0.15) is 28.1 Å². The van der Waals surface area contributed by atoms with E-state index in [0.29, 0.717) is 23.4 Å². The number of nitrogens with one attached hydrogen (secondary N) is 1. The summed E-state index contributed by atoms with van der Waals surface area (Å²) in [6.07, 6.45) is 0.677. The number of carbonyl (C=O) groups is 1. The minimum atomic E-state index is -3.61. The quantitative estimate of drug-likeness (QED) is 0.584. The lowest BCUT2D eigenvalue weighted by Crippen LogP contribution is -2.27. The molecule has 0 unspecified atom stereocenters. The van der Waals surface area contributed by atoms with Crippen molar-refractivity contribution in [3.63, 3.8) is 0 Å². The van der Waals surface area contributed by atoms with Crippen LogP contribution in [0.25, 0.3) is 11.3 Å².